The highest BCUT2D eigenvalue weighted by Crippen LogP contribution is 2.10. The Hall–Kier alpha value is -2.46. The summed E-state index contributed by atoms with van der Waals surface area (Å²) in [4.78, 5) is 16.4. The molecule has 0 aromatic heterocycles. The minimum atomic E-state index is -0.137. The Morgan fingerprint density at radius 1 is 0.960 bits per heavy atom. The van der Waals surface area contributed by atoms with Crippen LogP contribution in [0.15, 0.2) is 60.7 Å². The summed E-state index contributed by atoms with van der Waals surface area (Å²) in [5.41, 5.74) is 1.78. The average molecular weight is 338 g/mol. The van der Waals surface area contributed by atoms with E-state index in [2.05, 4.69) is 4.90 Å². The molecule has 3 rings (SSSR count). The molecule has 3 nitrogen and oxygen atoms in total. The van der Waals surface area contributed by atoms with Crippen molar-refractivity contribution < 1.29 is 9.18 Å². The Labute approximate surface area is 148 Å². The van der Waals surface area contributed by atoms with Crippen LogP contribution in [0.25, 0.3) is 6.08 Å². The van der Waals surface area contributed by atoms with Gasteiger partial charge >= 0.3 is 0 Å². The zero-order valence-corrected chi connectivity index (χ0v) is 14.3. The number of carbonyl (C=O) groups excluding carboxylic acids is 1. The first-order chi connectivity index (χ1) is 12.2. The molecule has 0 N–H and O–H groups in total. The molecule has 130 valence electrons. The van der Waals surface area contributed by atoms with Gasteiger partial charge in [-0.1, -0.05) is 48.5 Å². The number of benzene rings is 2. The van der Waals surface area contributed by atoms with Crippen LogP contribution < -0.4 is 0 Å². The van der Waals surface area contributed by atoms with Gasteiger partial charge in [-0.3, -0.25) is 9.69 Å². The number of hydrogen-bond donors (Lipinski definition) is 0. The van der Waals surface area contributed by atoms with Crippen molar-refractivity contribution in [1.82, 2.24) is 9.80 Å². The molecule has 1 saturated heterocycles. The average Bonchev–Trinajstić information content (AvgIpc) is 2.67. The van der Waals surface area contributed by atoms with Crippen molar-refractivity contribution in [2.24, 2.45) is 0 Å². The summed E-state index contributed by atoms with van der Waals surface area (Å²) < 4.78 is 13.7. The first kappa shape index (κ1) is 17.4. The number of halogens is 1. The lowest BCUT2D eigenvalue weighted by Gasteiger charge is -2.34. The van der Waals surface area contributed by atoms with E-state index in [0.717, 1.165) is 43.9 Å². The Kier molecular flexibility index (Phi) is 5.96. The Morgan fingerprint density at radius 3 is 2.36 bits per heavy atom. The van der Waals surface area contributed by atoms with Crippen molar-refractivity contribution in [1.29, 1.82) is 0 Å². The summed E-state index contributed by atoms with van der Waals surface area (Å²) in [6.07, 6.45) is 4.20. The zero-order chi connectivity index (χ0) is 17.5. The van der Waals surface area contributed by atoms with Gasteiger partial charge in [0.2, 0.25) is 5.91 Å². The topological polar surface area (TPSA) is 23.6 Å². The fourth-order valence-electron chi connectivity index (χ4n) is 3.01. The summed E-state index contributed by atoms with van der Waals surface area (Å²) in [6, 6.07) is 16.8. The number of amides is 1. The number of carbonyl (C=O) groups is 1. The number of nitrogens with zero attached hydrogens (tertiary/aromatic N) is 2. The van der Waals surface area contributed by atoms with Gasteiger partial charge in [-0.15, -0.1) is 0 Å². The van der Waals surface area contributed by atoms with Crippen molar-refractivity contribution in [3.8, 4) is 0 Å². The van der Waals surface area contributed by atoms with Crippen molar-refractivity contribution in [2.45, 2.75) is 6.42 Å². The lowest BCUT2D eigenvalue weighted by Crippen LogP contribution is -2.48. The monoisotopic (exact) mass is 338 g/mol. The second kappa shape index (κ2) is 8.58. The van der Waals surface area contributed by atoms with Gasteiger partial charge in [0.25, 0.3) is 0 Å². The maximum Gasteiger partial charge on any atom is 0.246 e. The molecule has 25 heavy (non-hydrogen) atoms. The van der Waals surface area contributed by atoms with E-state index in [9.17, 15) is 9.18 Å². The molecule has 1 amide bonds. The fourth-order valence-corrected chi connectivity index (χ4v) is 3.01. The summed E-state index contributed by atoms with van der Waals surface area (Å²) in [5.74, 6) is -0.0834. The van der Waals surface area contributed by atoms with Crippen LogP contribution in [0, 0.1) is 5.82 Å². The van der Waals surface area contributed by atoms with E-state index in [1.54, 1.807) is 12.1 Å². The third kappa shape index (κ3) is 5.00. The molecule has 0 saturated carbocycles. The quantitative estimate of drug-likeness (QED) is 0.782. The predicted octanol–water partition coefficient (Wildman–Crippen LogP) is 3.23. The molecule has 1 fully saturated rings. The smallest absolute Gasteiger partial charge is 0.246 e. The van der Waals surface area contributed by atoms with E-state index in [4.69, 9.17) is 0 Å². The molecule has 0 aliphatic carbocycles. The van der Waals surface area contributed by atoms with Gasteiger partial charge in [0.05, 0.1) is 0 Å². The molecule has 0 radical (unpaired) electrons. The molecular weight excluding hydrogens is 315 g/mol. The summed E-state index contributed by atoms with van der Waals surface area (Å²) in [7, 11) is 0. The lowest BCUT2D eigenvalue weighted by molar-refractivity contribution is -0.127. The van der Waals surface area contributed by atoms with E-state index in [1.807, 2.05) is 53.4 Å². The van der Waals surface area contributed by atoms with Crippen LogP contribution in [0.2, 0.25) is 0 Å². The van der Waals surface area contributed by atoms with Gasteiger partial charge in [-0.2, -0.15) is 0 Å². The van der Waals surface area contributed by atoms with Crippen LogP contribution in [-0.4, -0.2) is 48.4 Å². The van der Waals surface area contributed by atoms with E-state index in [1.165, 1.54) is 6.07 Å². The van der Waals surface area contributed by atoms with E-state index < -0.39 is 0 Å². The molecule has 1 aliphatic heterocycles. The van der Waals surface area contributed by atoms with Crippen LogP contribution in [0.5, 0.6) is 0 Å². The first-order valence-corrected chi connectivity index (χ1v) is 8.70. The van der Waals surface area contributed by atoms with Gasteiger partial charge in [0.1, 0.15) is 5.82 Å². The highest BCUT2D eigenvalue weighted by atomic mass is 19.1. The van der Waals surface area contributed by atoms with Crippen LogP contribution >= 0.6 is 0 Å². The Balaban J connectivity index is 1.44. The molecule has 2 aromatic rings. The Bertz CT molecular complexity index is 722. The molecule has 0 bridgehead atoms. The standard InChI is InChI=1S/C21H23FN2O/c22-20-9-5-4-8-19(20)12-13-23-14-16-24(17-15-23)21(25)11-10-18-6-2-1-3-7-18/h1-11H,12-17H2. The molecule has 0 atom stereocenters. The summed E-state index contributed by atoms with van der Waals surface area (Å²) in [5, 5.41) is 0. The summed E-state index contributed by atoms with van der Waals surface area (Å²) in [6.45, 7) is 3.92. The lowest BCUT2D eigenvalue weighted by atomic mass is 10.1. The maximum atomic E-state index is 13.7. The molecule has 1 aliphatic rings. The van der Waals surface area contributed by atoms with Crippen molar-refractivity contribution in [3.05, 3.63) is 77.6 Å². The number of piperazine rings is 1. The third-order valence-corrected chi connectivity index (χ3v) is 4.56. The largest absolute Gasteiger partial charge is 0.337 e. The highest BCUT2D eigenvalue weighted by Gasteiger charge is 2.19. The van der Waals surface area contributed by atoms with Gasteiger partial charge in [-0.05, 0) is 29.7 Å². The van der Waals surface area contributed by atoms with Gasteiger partial charge in [0.15, 0.2) is 0 Å². The zero-order valence-electron chi connectivity index (χ0n) is 14.3. The summed E-state index contributed by atoms with van der Waals surface area (Å²) >= 11 is 0. The van der Waals surface area contributed by atoms with Crippen LogP contribution in [0.1, 0.15) is 11.1 Å². The SMILES string of the molecule is O=C(C=Cc1ccccc1)N1CCN(CCc2ccccc2F)CC1. The third-order valence-electron chi connectivity index (χ3n) is 4.56. The second-order valence-corrected chi connectivity index (χ2v) is 6.25. The molecule has 1 heterocycles. The number of rotatable bonds is 5. The molecule has 2 aromatic carbocycles. The predicted molar refractivity (Wildman–Crippen MR) is 98.6 cm³/mol. The number of hydrogen-bond acceptors (Lipinski definition) is 2. The highest BCUT2D eigenvalue weighted by molar-refractivity contribution is 5.91. The van der Waals surface area contributed by atoms with Gasteiger partial charge < -0.3 is 4.90 Å². The van der Waals surface area contributed by atoms with Crippen molar-refractivity contribution in [3.63, 3.8) is 0 Å². The Morgan fingerprint density at radius 2 is 1.64 bits per heavy atom. The fraction of sp³-hybridized carbons (Fsp3) is 0.286. The second-order valence-electron chi connectivity index (χ2n) is 6.25. The van der Waals surface area contributed by atoms with E-state index in [-0.39, 0.29) is 11.7 Å². The van der Waals surface area contributed by atoms with Crippen LogP contribution in [0.4, 0.5) is 4.39 Å². The van der Waals surface area contributed by atoms with Crippen molar-refractivity contribution >= 4 is 12.0 Å². The minimum absolute atomic E-state index is 0.0533. The van der Waals surface area contributed by atoms with Gasteiger partial charge in [-0.25, -0.2) is 4.39 Å². The van der Waals surface area contributed by atoms with Gasteiger partial charge in [0, 0.05) is 38.8 Å². The van der Waals surface area contributed by atoms with Crippen LogP contribution in [0.3, 0.4) is 0 Å². The molecule has 0 unspecified atom stereocenters. The van der Waals surface area contributed by atoms with Crippen molar-refractivity contribution in [2.75, 3.05) is 32.7 Å². The first-order valence-electron chi connectivity index (χ1n) is 8.70. The molecular formula is C21H23FN2O. The van der Waals surface area contributed by atoms with E-state index >= 15 is 0 Å². The molecule has 4 heteroatoms. The van der Waals surface area contributed by atoms with Crippen LogP contribution in [-0.2, 0) is 11.2 Å². The molecule has 0 spiro atoms. The normalized spacial score (nSPS) is 15.6. The van der Waals surface area contributed by atoms with E-state index in [0.29, 0.717) is 6.42 Å². The maximum absolute atomic E-state index is 13.7. The minimum Gasteiger partial charge on any atom is -0.337 e.